The van der Waals surface area contributed by atoms with Crippen LogP contribution in [0, 0.1) is 5.92 Å². The van der Waals surface area contributed by atoms with Crippen LogP contribution in [0.15, 0.2) is 71.6 Å². The van der Waals surface area contributed by atoms with Crippen LogP contribution in [0.5, 0.6) is 0 Å². The van der Waals surface area contributed by atoms with Gasteiger partial charge in [0.1, 0.15) is 0 Å². The monoisotopic (exact) mass is 550 g/mol. The predicted octanol–water partition coefficient (Wildman–Crippen LogP) is 6.79. The van der Waals surface area contributed by atoms with Gasteiger partial charge < -0.3 is 4.90 Å². The van der Waals surface area contributed by atoms with Crippen molar-refractivity contribution in [3.8, 4) is 0 Å². The summed E-state index contributed by atoms with van der Waals surface area (Å²) >= 11 is 18.8. The van der Waals surface area contributed by atoms with E-state index in [9.17, 15) is 13.2 Å². The number of carbonyl (C=O) groups is 1. The van der Waals surface area contributed by atoms with Crippen LogP contribution in [0.3, 0.4) is 0 Å². The van der Waals surface area contributed by atoms with Gasteiger partial charge in [-0.25, -0.2) is 13.1 Å². The van der Waals surface area contributed by atoms with Gasteiger partial charge in [0.25, 0.3) is 0 Å². The van der Waals surface area contributed by atoms with E-state index in [0.29, 0.717) is 33.7 Å². The van der Waals surface area contributed by atoms with Crippen LogP contribution in [0.25, 0.3) is 0 Å². The summed E-state index contributed by atoms with van der Waals surface area (Å²) in [6.45, 7) is 2.38. The van der Waals surface area contributed by atoms with Crippen LogP contribution in [-0.4, -0.2) is 27.3 Å². The lowest BCUT2D eigenvalue weighted by atomic mass is 9.88. The number of piperidine rings is 1. The van der Waals surface area contributed by atoms with Crippen molar-refractivity contribution in [3.63, 3.8) is 0 Å². The molecule has 9 heteroatoms. The summed E-state index contributed by atoms with van der Waals surface area (Å²) in [5, 5.41) is 1.83. The normalized spacial score (nSPS) is 18.5. The summed E-state index contributed by atoms with van der Waals surface area (Å²) in [4.78, 5) is 13.9. The number of Topliss-reactive ketones (excluding diaryl/α,β-unsaturated/α-hetero) is 1. The summed E-state index contributed by atoms with van der Waals surface area (Å²) in [6.07, 6.45) is 1.61. The van der Waals surface area contributed by atoms with E-state index in [-0.39, 0.29) is 22.6 Å². The highest BCUT2D eigenvalue weighted by Crippen LogP contribution is 2.40. The average Bonchev–Trinajstić information content (AvgIpc) is 2.83. The minimum absolute atomic E-state index is 0.0212. The van der Waals surface area contributed by atoms with Gasteiger partial charge in [0, 0.05) is 39.4 Å². The minimum Gasteiger partial charge on any atom is -0.364 e. The maximum Gasteiger partial charge on any atom is 0.240 e. The van der Waals surface area contributed by atoms with Crippen molar-refractivity contribution >= 4 is 56.3 Å². The average molecular weight is 552 g/mol. The Labute approximate surface area is 221 Å². The highest BCUT2D eigenvalue weighted by molar-refractivity contribution is 7.89. The Bertz CT molecular complexity index is 1310. The second kappa shape index (κ2) is 10.9. The second-order valence-electron chi connectivity index (χ2n) is 8.69. The third-order valence-electron chi connectivity index (χ3n) is 6.29. The van der Waals surface area contributed by atoms with Crippen molar-refractivity contribution in [1.82, 2.24) is 4.72 Å². The van der Waals surface area contributed by atoms with Crippen LogP contribution >= 0.6 is 34.8 Å². The Balaban J connectivity index is 1.52. The Morgan fingerprint density at radius 2 is 1.60 bits per heavy atom. The number of hydrogen-bond acceptors (Lipinski definition) is 4. The summed E-state index contributed by atoms with van der Waals surface area (Å²) < 4.78 is 28.5. The number of anilines is 1. The van der Waals surface area contributed by atoms with Crippen LogP contribution in [0.1, 0.15) is 41.7 Å². The van der Waals surface area contributed by atoms with E-state index < -0.39 is 10.0 Å². The fourth-order valence-corrected chi connectivity index (χ4v) is 6.18. The maximum absolute atomic E-state index is 12.9. The Hall–Kier alpha value is -2.09. The number of ketones is 1. The molecular formula is C26H25Cl3N2O3S. The molecule has 1 fully saturated rings. The lowest BCUT2D eigenvalue weighted by molar-refractivity contribution is 0.101. The Kier molecular flexibility index (Phi) is 8.09. The van der Waals surface area contributed by atoms with E-state index in [1.807, 2.05) is 36.4 Å². The predicted molar refractivity (Wildman–Crippen MR) is 142 cm³/mol. The number of nitrogens with one attached hydrogen (secondary N) is 1. The van der Waals surface area contributed by atoms with Crippen molar-refractivity contribution in [2.75, 3.05) is 18.0 Å². The van der Waals surface area contributed by atoms with Gasteiger partial charge in [-0.3, -0.25) is 4.79 Å². The van der Waals surface area contributed by atoms with Gasteiger partial charge in [0.2, 0.25) is 10.0 Å². The number of sulfonamides is 1. The molecule has 184 valence electrons. The largest absolute Gasteiger partial charge is 0.364 e. The van der Waals surface area contributed by atoms with Gasteiger partial charge in [-0.15, -0.1) is 0 Å². The molecule has 4 rings (SSSR count). The molecule has 2 unspecified atom stereocenters. The zero-order valence-corrected chi connectivity index (χ0v) is 22.1. The van der Waals surface area contributed by atoms with Crippen molar-refractivity contribution in [2.24, 2.45) is 5.92 Å². The van der Waals surface area contributed by atoms with Gasteiger partial charge in [0.05, 0.1) is 10.9 Å². The Morgan fingerprint density at radius 3 is 2.23 bits per heavy atom. The van der Waals surface area contributed by atoms with Crippen LogP contribution in [0.4, 0.5) is 5.69 Å². The van der Waals surface area contributed by atoms with Gasteiger partial charge in [-0.1, -0.05) is 53.0 Å². The molecule has 3 aromatic carbocycles. The number of rotatable bonds is 7. The molecule has 1 heterocycles. The number of benzene rings is 3. The molecule has 1 N–H and O–H groups in total. The third-order valence-corrected chi connectivity index (χ3v) is 8.55. The molecule has 1 aliphatic rings. The lowest BCUT2D eigenvalue weighted by Crippen LogP contribution is -2.42. The molecule has 3 aromatic rings. The molecule has 1 saturated heterocycles. The lowest BCUT2D eigenvalue weighted by Gasteiger charge is -2.42. The minimum atomic E-state index is -3.70. The van der Waals surface area contributed by atoms with Gasteiger partial charge in [0.15, 0.2) is 5.78 Å². The van der Waals surface area contributed by atoms with Crippen molar-refractivity contribution < 1.29 is 13.2 Å². The van der Waals surface area contributed by atoms with E-state index in [1.54, 1.807) is 6.07 Å². The van der Waals surface area contributed by atoms with E-state index in [1.165, 1.54) is 31.2 Å². The number of hydrogen-bond donors (Lipinski definition) is 1. The van der Waals surface area contributed by atoms with E-state index in [2.05, 4.69) is 9.62 Å². The molecular weight excluding hydrogens is 527 g/mol. The molecule has 0 aromatic heterocycles. The van der Waals surface area contributed by atoms with E-state index in [4.69, 9.17) is 34.8 Å². The molecule has 0 spiro atoms. The molecule has 35 heavy (non-hydrogen) atoms. The summed E-state index contributed by atoms with van der Waals surface area (Å²) in [5.41, 5.74) is 2.44. The quantitative estimate of drug-likeness (QED) is 0.329. The maximum atomic E-state index is 12.9. The van der Waals surface area contributed by atoms with E-state index >= 15 is 0 Å². The van der Waals surface area contributed by atoms with E-state index in [0.717, 1.165) is 24.1 Å². The molecule has 0 radical (unpaired) electrons. The zero-order chi connectivity index (χ0) is 25.2. The number of halogens is 3. The molecule has 0 amide bonds. The molecule has 5 nitrogen and oxygen atoms in total. The first-order valence-electron chi connectivity index (χ1n) is 11.2. The fourth-order valence-electron chi connectivity index (χ4n) is 4.41. The molecule has 0 saturated carbocycles. The van der Waals surface area contributed by atoms with Crippen molar-refractivity contribution in [3.05, 3.63) is 92.9 Å². The van der Waals surface area contributed by atoms with Crippen LogP contribution in [0.2, 0.25) is 15.1 Å². The van der Waals surface area contributed by atoms with Crippen LogP contribution < -0.4 is 9.62 Å². The first-order valence-corrected chi connectivity index (χ1v) is 13.8. The highest BCUT2D eigenvalue weighted by atomic mass is 35.5. The van der Waals surface area contributed by atoms with Gasteiger partial charge >= 0.3 is 0 Å². The first-order chi connectivity index (χ1) is 16.6. The van der Waals surface area contributed by atoms with Gasteiger partial charge in [-0.2, -0.15) is 0 Å². The van der Waals surface area contributed by atoms with Crippen molar-refractivity contribution in [2.45, 2.75) is 30.7 Å². The summed E-state index contributed by atoms with van der Waals surface area (Å²) in [5.74, 6) is -0.0268. The molecule has 2 atom stereocenters. The standard InChI is InChI=1S/C26H25Cl3N2O3S/c1-17(32)19-3-10-23(11-4-19)35(33,34)30-15-18-2-13-26(24-12-7-21(28)14-25(24)29)31(16-18)22-8-5-20(27)6-9-22/h3-12,14,18,26,30H,2,13,15-16H2,1H3. The molecule has 0 bridgehead atoms. The molecule has 0 aliphatic carbocycles. The third kappa shape index (κ3) is 6.19. The van der Waals surface area contributed by atoms with Crippen LogP contribution in [-0.2, 0) is 10.0 Å². The smallest absolute Gasteiger partial charge is 0.240 e. The number of carbonyl (C=O) groups excluding carboxylic acids is 1. The zero-order valence-electron chi connectivity index (χ0n) is 19.0. The Morgan fingerprint density at radius 1 is 0.943 bits per heavy atom. The fraction of sp³-hybridized carbons (Fsp3) is 0.269. The topological polar surface area (TPSA) is 66.5 Å². The first kappa shape index (κ1) is 26.0. The van der Waals surface area contributed by atoms with Gasteiger partial charge in [-0.05, 0) is 79.8 Å². The summed E-state index contributed by atoms with van der Waals surface area (Å²) in [6, 6.07) is 19.1. The number of nitrogens with zero attached hydrogens (tertiary/aromatic N) is 1. The SMILES string of the molecule is CC(=O)c1ccc(S(=O)(=O)NCC2CCC(c3ccc(Cl)cc3Cl)N(c3ccc(Cl)cc3)C2)cc1. The highest BCUT2D eigenvalue weighted by Gasteiger charge is 2.31. The molecule has 1 aliphatic heterocycles. The van der Waals surface area contributed by atoms with Crippen molar-refractivity contribution in [1.29, 1.82) is 0 Å². The second-order valence-corrected chi connectivity index (χ2v) is 11.7. The summed E-state index contributed by atoms with van der Waals surface area (Å²) in [7, 11) is -3.70.